The van der Waals surface area contributed by atoms with Crippen LogP contribution in [0.1, 0.15) is 50.4 Å². The molecule has 0 fully saturated rings. The zero-order valence-corrected chi connectivity index (χ0v) is 10.1. The molecule has 0 radical (unpaired) electrons. The molecule has 0 amide bonds. The van der Waals surface area contributed by atoms with Gasteiger partial charge < -0.3 is 0 Å². The van der Waals surface area contributed by atoms with Gasteiger partial charge >= 0.3 is 0 Å². The molecule has 1 aromatic rings. The van der Waals surface area contributed by atoms with Gasteiger partial charge in [0, 0.05) is 25.3 Å². The number of hydrogen-bond acceptors (Lipinski definition) is 2. The number of hydrogen-bond donors (Lipinski definition) is 0. The zero-order chi connectivity index (χ0) is 11.0. The Balaban J connectivity index is 2.24. The van der Waals surface area contributed by atoms with Crippen LogP contribution in [-0.4, -0.2) is 15.9 Å². The van der Waals surface area contributed by atoms with Gasteiger partial charge in [-0.2, -0.15) is 0 Å². The van der Waals surface area contributed by atoms with Gasteiger partial charge in [0.1, 0.15) is 0 Å². The molecule has 0 aliphatic carbocycles. The molecule has 2 heterocycles. The van der Waals surface area contributed by atoms with Crippen LogP contribution in [0.3, 0.4) is 0 Å². The van der Waals surface area contributed by atoms with Crippen molar-refractivity contribution in [2.75, 3.05) is 0 Å². The Labute approximate surface area is 92.3 Å². The third-order valence-electron chi connectivity index (χ3n) is 3.20. The van der Waals surface area contributed by atoms with E-state index >= 15 is 0 Å². The molecule has 0 bridgehead atoms. The monoisotopic (exact) mass is 204 g/mol. The second kappa shape index (κ2) is 3.93. The standard InChI is InChI=1S/C13H20N2/c1-9(2)11-5-12-7-15(10(3)4)8-13(12)14-6-11/h5-6,9-10H,7-8H2,1-4H3. The first-order valence-electron chi connectivity index (χ1n) is 5.79. The van der Waals surface area contributed by atoms with E-state index in [-0.39, 0.29) is 0 Å². The van der Waals surface area contributed by atoms with Crippen LogP contribution in [0.5, 0.6) is 0 Å². The van der Waals surface area contributed by atoms with Gasteiger partial charge in [0.05, 0.1) is 5.69 Å². The van der Waals surface area contributed by atoms with Crippen LogP contribution in [0.15, 0.2) is 12.3 Å². The van der Waals surface area contributed by atoms with E-state index in [0.29, 0.717) is 12.0 Å². The van der Waals surface area contributed by atoms with Gasteiger partial charge in [-0.1, -0.05) is 19.9 Å². The van der Waals surface area contributed by atoms with Gasteiger partial charge in [-0.25, -0.2) is 0 Å². The van der Waals surface area contributed by atoms with Crippen LogP contribution in [0.4, 0.5) is 0 Å². The van der Waals surface area contributed by atoms with Crippen LogP contribution in [0, 0.1) is 0 Å². The zero-order valence-electron chi connectivity index (χ0n) is 10.1. The fourth-order valence-corrected chi connectivity index (χ4v) is 1.98. The summed E-state index contributed by atoms with van der Waals surface area (Å²) in [4.78, 5) is 7.03. The molecule has 0 spiro atoms. The topological polar surface area (TPSA) is 16.1 Å². The second-order valence-electron chi connectivity index (χ2n) is 5.03. The average Bonchev–Trinajstić information content (AvgIpc) is 2.59. The molecule has 0 atom stereocenters. The van der Waals surface area contributed by atoms with Gasteiger partial charge in [-0.05, 0) is 30.9 Å². The Kier molecular flexibility index (Phi) is 2.79. The lowest BCUT2D eigenvalue weighted by Crippen LogP contribution is -2.24. The third kappa shape index (κ3) is 2.05. The minimum atomic E-state index is 0.580. The summed E-state index contributed by atoms with van der Waals surface area (Å²) in [5, 5.41) is 0. The Morgan fingerprint density at radius 2 is 1.93 bits per heavy atom. The van der Waals surface area contributed by atoms with Gasteiger partial charge in [-0.3, -0.25) is 9.88 Å². The van der Waals surface area contributed by atoms with Crippen molar-refractivity contribution in [2.45, 2.75) is 52.7 Å². The maximum atomic E-state index is 4.57. The summed E-state index contributed by atoms with van der Waals surface area (Å²) in [6.07, 6.45) is 2.04. The molecule has 0 saturated heterocycles. The van der Waals surface area contributed by atoms with E-state index in [4.69, 9.17) is 0 Å². The van der Waals surface area contributed by atoms with Crippen LogP contribution >= 0.6 is 0 Å². The van der Waals surface area contributed by atoms with Crippen molar-refractivity contribution in [3.63, 3.8) is 0 Å². The molecule has 0 N–H and O–H groups in total. The van der Waals surface area contributed by atoms with Crippen LogP contribution in [-0.2, 0) is 13.1 Å². The highest BCUT2D eigenvalue weighted by molar-refractivity contribution is 5.29. The first kappa shape index (κ1) is 10.6. The van der Waals surface area contributed by atoms with Gasteiger partial charge in [0.25, 0.3) is 0 Å². The van der Waals surface area contributed by atoms with Crippen LogP contribution in [0.25, 0.3) is 0 Å². The number of pyridine rings is 1. The molecular weight excluding hydrogens is 184 g/mol. The lowest BCUT2D eigenvalue weighted by atomic mass is 10.0. The molecule has 0 saturated carbocycles. The summed E-state index contributed by atoms with van der Waals surface area (Å²) in [6.45, 7) is 11.0. The minimum absolute atomic E-state index is 0.580. The molecule has 0 unspecified atom stereocenters. The van der Waals surface area contributed by atoms with Gasteiger partial charge in [0.15, 0.2) is 0 Å². The van der Waals surface area contributed by atoms with E-state index in [1.54, 1.807) is 0 Å². The molecule has 2 heteroatoms. The number of rotatable bonds is 2. The predicted molar refractivity (Wildman–Crippen MR) is 62.7 cm³/mol. The summed E-state index contributed by atoms with van der Waals surface area (Å²) in [7, 11) is 0. The lowest BCUT2D eigenvalue weighted by Gasteiger charge is -2.18. The van der Waals surface area contributed by atoms with Crippen molar-refractivity contribution in [1.82, 2.24) is 9.88 Å². The van der Waals surface area contributed by atoms with Crippen molar-refractivity contribution < 1.29 is 0 Å². The summed E-state index contributed by atoms with van der Waals surface area (Å²) >= 11 is 0. The normalized spacial score (nSPS) is 16.4. The molecule has 15 heavy (non-hydrogen) atoms. The maximum Gasteiger partial charge on any atom is 0.0589 e. The summed E-state index contributed by atoms with van der Waals surface area (Å²) in [5.41, 5.74) is 4.06. The van der Waals surface area contributed by atoms with Crippen molar-refractivity contribution in [3.8, 4) is 0 Å². The first-order valence-corrected chi connectivity index (χ1v) is 5.79. The fraction of sp³-hybridized carbons (Fsp3) is 0.615. The molecular formula is C13H20N2. The molecule has 0 aromatic carbocycles. The highest BCUT2D eigenvalue weighted by atomic mass is 15.2. The summed E-state index contributed by atoms with van der Waals surface area (Å²) in [6, 6.07) is 2.94. The first-order chi connectivity index (χ1) is 7.08. The van der Waals surface area contributed by atoms with Crippen LogP contribution < -0.4 is 0 Å². The van der Waals surface area contributed by atoms with Crippen molar-refractivity contribution in [1.29, 1.82) is 0 Å². The molecule has 2 rings (SSSR count). The molecule has 82 valence electrons. The number of fused-ring (bicyclic) bond motifs is 1. The van der Waals surface area contributed by atoms with Crippen molar-refractivity contribution in [2.24, 2.45) is 0 Å². The van der Waals surface area contributed by atoms with E-state index in [1.165, 1.54) is 16.8 Å². The van der Waals surface area contributed by atoms with Crippen molar-refractivity contribution >= 4 is 0 Å². The van der Waals surface area contributed by atoms with Gasteiger partial charge in [0.2, 0.25) is 0 Å². The second-order valence-corrected chi connectivity index (χ2v) is 5.03. The average molecular weight is 204 g/mol. The quantitative estimate of drug-likeness (QED) is 0.736. The van der Waals surface area contributed by atoms with E-state index < -0.39 is 0 Å². The molecule has 1 aromatic heterocycles. The third-order valence-corrected chi connectivity index (χ3v) is 3.20. The minimum Gasteiger partial charge on any atom is -0.291 e. The Morgan fingerprint density at radius 1 is 1.20 bits per heavy atom. The molecule has 2 nitrogen and oxygen atoms in total. The Hall–Kier alpha value is -0.890. The molecule has 1 aliphatic rings. The van der Waals surface area contributed by atoms with E-state index in [1.807, 2.05) is 6.20 Å². The fourth-order valence-electron chi connectivity index (χ4n) is 1.98. The van der Waals surface area contributed by atoms with Crippen LogP contribution in [0.2, 0.25) is 0 Å². The number of nitrogens with zero attached hydrogens (tertiary/aromatic N) is 2. The smallest absolute Gasteiger partial charge is 0.0589 e. The van der Waals surface area contributed by atoms with Gasteiger partial charge in [-0.15, -0.1) is 0 Å². The van der Waals surface area contributed by atoms with Crippen molar-refractivity contribution in [3.05, 3.63) is 29.1 Å². The summed E-state index contributed by atoms with van der Waals surface area (Å²) < 4.78 is 0. The Morgan fingerprint density at radius 3 is 2.53 bits per heavy atom. The van der Waals surface area contributed by atoms with E-state index in [0.717, 1.165) is 13.1 Å². The maximum absolute atomic E-state index is 4.57. The lowest BCUT2D eigenvalue weighted by molar-refractivity contribution is 0.226. The highest BCUT2D eigenvalue weighted by Crippen LogP contribution is 2.25. The summed E-state index contributed by atoms with van der Waals surface area (Å²) in [5.74, 6) is 0.580. The predicted octanol–water partition coefficient (Wildman–Crippen LogP) is 2.93. The van der Waals surface area contributed by atoms with E-state index in [2.05, 4.69) is 43.6 Å². The van der Waals surface area contributed by atoms with E-state index in [9.17, 15) is 0 Å². The number of aromatic nitrogens is 1. The SMILES string of the molecule is CC(C)c1cnc2c(c1)CN(C(C)C)C2. The highest BCUT2D eigenvalue weighted by Gasteiger charge is 2.22. The Bertz CT molecular complexity index is 356. The molecule has 1 aliphatic heterocycles. The largest absolute Gasteiger partial charge is 0.291 e.